The number of thiophene rings is 1. The van der Waals surface area contributed by atoms with Crippen molar-refractivity contribution >= 4 is 23.2 Å². The van der Waals surface area contributed by atoms with Gasteiger partial charge in [-0.1, -0.05) is 30.3 Å². The molecular weight excluding hydrogens is 408 g/mol. The van der Waals surface area contributed by atoms with E-state index in [0.29, 0.717) is 44.8 Å². The molecule has 4 rings (SSSR count). The molecule has 0 bridgehead atoms. The summed E-state index contributed by atoms with van der Waals surface area (Å²) in [6.07, 6.45) is 3.92. The number of carbonyl (C=O) groups excluding carboxylic acids is 2. The zero-order chi connectivity index (χ0) is 21.8. The van der Waals surface area contributed by atoms with E-state index in [1.807, 2.05) is 46.4 Å². The molecule has 0 unspecified atom stereocenters. The van der Waals surface area contributed by atoms with Crippen LogP contribution in [0.25, 0.3) is 10.4 Å². The molecule has 0 N–H and O–H groups in total. The topological polar surface area (TPSA) is 58.4 Å². The Bertz CT molecular complexity index is 1040. The largest absolute Gasteiger partial charge is 0.341 e. The van der Waals surface area contributed by atoms with Crippen molar-refractivity contribution < 1.29 is 9.59 Å². The normalized spacial score (nSPS) is 17.1. The molecule has 0 aliphatic carbocycles. The molecular formula is C24H28N4O2S. The van der Waals surface area contributed by atoms with Gasteiger partial charge in [-0.25, -0.2) is 4.98 Å². The van der Waals surface area contributed by atoms with Crippen molar-refractivity contribution in [2.75, 3.05) is 26.2 Å². The third kappa shape index (κ3) is 4.42. The van der Waals surface area contributed by atoms with Gasteiger partial charge in [0, 0.05) is 37.6 Å². The van der Waals surface area contributed by atoms with E-state index in [0.717, 1.165) is 5.56 Å². The van der Waals surface area contributed by atoms with Gasteiger partial charge < -0.3 is 14.4 Å². The van der Waals surface area contributed by atoms with Crippen molar-refractivity contribution in [3.05, 3.63) is 65.6 Å². The van der Waals surface area contributed by atoms with Gasteiger partial charge in [0.2, 0.25) is 5.91 Å². The van der Waals surface area contributed by atoms with Gasteiger partial charge in [0.1, 0.15) is 5.69 Å². The molecule has 2 amide bonds. The Morgan fingerprint density at radius 2 is 1.97 bits per heavy atom. The minimum atomic E-state index is -0.273. The van der Waals surface area contributed by atoms with Crippen LogP contribution in [0.15, 0.2) is 54.3 Å². The number of likely N-dealkylation sites (N-methyl/N-ethyl adjacent to an activating group) is 1. The van der Waals surface area contributed by atoms with Crippen LogP contribution in [0, 0.1) is 5.92 Å². The van der Waals surface area contributed by atoms with Crippen LogP contribution in [0.3, 0.4) is 0 Å². The monoisotopic (exact) mass is 436 g/mol. The molecule has 1 saturated heterocycles. The summed E-state index contributed by atoms with van der Waals surface area (Å²) in [6, 6.07) is 12.4. The molecule has 0 spiro atoms. The van der Waals surface area contributed by atoms with Crippen LogP contribution >= 0.6 is 11.3 Å². The highest BCUT2D eigenvalue weighted by molar-refractivity contribution is 7.13. The molecule has 0 radical (unpaired) electrons. The number of hydrogen-bond acceptors (Lipinski definition) is 4. The number of aryl methyl sites for hydroxylation is 1. The Balaban J connectivity index is 1.62. The Morgan fingerprint density at radius 3 is 2.71 bits per heavy atom. The van der Waals surface area contributed by atoms with Crippen molar-refractivity contribution in [2.24, 2.45) is 5.92 Å². The lowest BCUT2D eigenvalue weighted by atomic mass is 9.93. The standard InChI is InChI=1S/C24H28N4O2S/c1-3-26-11-12-28(24(30)21-15-25-17-27(21)4-2)16-19(23(26)29)14-18-8-5-6-9-20(18)22-10-7-13-31-22/h5-10,13,15,17,19H,3-4,11-12,14,16H2,1-2H3/t19-/m1/s1. The molecule has 3 heterocycles. The van der Waals surface area contributed by atoms with Crippen LogP contribution in [0.2, 0.25) is 0 Å². The van der Waals surface area contributed by atoms with Crippen LogP contribution in [0.5, 0.6) is 0 Å². The van der Waals surface area contributed by atoms with E-state index in [1.165, 1.54) is 10.4 Å². The maximum absolute atomic E-state index is 13.3. The highest BCUT2D eigenvalue weighted by atomic mass is 32.1. The van der Waals surface area contributed by atoms with Gasteiger partial charge in [0.05, 0.1) is 18.4 Å². The first-order valence-electron chi connectivity index (χ1n) is 10.8. The summed E-state index contributed by atoms with van der Waals surface area (Å²) in [5.41, 5.74) is 2.89. The number of amides is 2. The summed E-state index contributed by atoms with van der Waals surface area (Å²) in [7, 11) is 0. The average Bonchev–Trinajstić information content (AvgIpc) is 3.47. The molecule has 3 aromatic rings. The maximum atomic E-state index is 13.3. The Kier molecular flexibility index (Phi) is 6.51. The third-order valence-corrected chi connectivity index (χ3v) is 6.86. The lowest BCUT2D eigenvalue weighted by Gasteiger charge is -2.24. The number of carbonyl (C=O) groups is 2. The fourth-order valence-corrected chi connectivity index (χ4v) is 5.03. The fourth-order valence-electron chi connectivity index (χ4n) is 4.24. The minimum absolute atomic E-state index is 0.0540. The second-order valence-corrected chi connectivity index (χ2v) is 8.72. The number of imidazole rings is 1. The van der Waals surface area contributed by atoms with E-state index in [2.05, 4.69) is 28.6 Å². The average molecular weight is 437 g/mol. The lowest BCUT2D eigenvalue weighted by molar-refractivity contribution is -0.134. The Hall–Kier alpha value is -2.93. The lowest BCUT2D eigenvalue weighted by Crippen LogP contribution is -2.38. The highest BCUT2D eigenvalue weighted by Crippen LogP contribution is 2.30. The van der Waals surface area contributed by atoms with Crippen LogP contribution in [-0.4, -0.2) is 57.3 Å². The molecule has 0 saturated carbocycles. The smallest absolute Gasteiger partial charge is 0.272 e. The van der Waals surface area contributed by atoms with E-state index in [-0.39, 0.29) is 17.7 Å². The van der Waals surface area contributed by atoms with E-state index in [4.69, 9.17) is 0 Å². The molecule has 2 aromatic heterocycles. The van der Waals surface area contributed by atoms with Gasteiger partial charge in [-0.3, -0.25) is 9.59 Å². The minimum Gasteiger partial charge on any atom is -0.341 e. The number of rotatable bonds is 6. The first-order chi connectivity index (χ1) is 15.1. The molecule has 7 heteroatoms. The summed E-state index contributed by atoms with van der Waals surface area (Å²) in [5, 5.41) is 2.07. The second kappa shape index (κ2) is 9.47. The predicted molar refractivity (Wildman–Crippen MR) is 123 cm³/mol. The number of aromatic nitrogens is 2. The van der Waals surface area contributed by atoms with Gasteiger partial charge in [-0.15, -0.1) is 11.3 Å². The third-order valence-electron chi connectivity index (χ3n) is 5.95. The SMILES string of the molecule is CCN1CCN(C(=O)c2cncn2CC)C[C@@H](Cc2ccccc2-c2cccs2)C1=O. The van der Waals surface area contributed by atoms with Gasteiger partial charge in [-0.05, 0) is 42.8 Å². The van der Waals surface area contributed by atoms with Crippen molar-refractivity contribution in [3.63, 3.8) is 0 Å². The molecule has 1 fully saturated rings. The second-order valence-electron chi connectivity index (χ2n) is 7.77. The number of nitrogens with zero attached hydrogens (tertiary/aromatic N) is 4. The highest BCUT2D eigenvalue weighted by Gasteiger charge is 2.33. The van der Waals surface area contributed by atoms with Crippen LogP contribution in [0.4, 0.5) is 0 Å². The van der Waals surface area contributed by atoms with E-state index < -0.39 is 0 Å². The quantitative estimate of drug-likeness (QED) is 0.591. The van der Waals surface area contributed by atoms with E-state index >= 15 is 0 Å². The van der Waals surface area contributed by atoms with Gasteiger partial charge in [0.15, 0.2) is 0 Å². The van der Waals surface area contributed by atoms with Crippen molar-refractivity contribution in [3.8, 4) is 10.4 Å². The first kappa shape index (κ1) is 21.3. The summed E-state index contributed by atoms with van der Waals surface area (Å²) in [6.45, 7) is 6.84. The first-order valence-corrected chi connectivity index (χ1v) is 11.7. The molecule has 1 aromatic carbocycles. The van der Waals surface area contributed by atoms with Crippen LogP contribution in [-0.2, 0) is 17.8 Å². The summed E-state index contributed by atoms with van der Waals surface area (Å²) < 4.78 is 1.85. The summed E-state index contributed by atoms with van der Waals surface area (Å²) >= 11 is 1.70. The zero-order valence-corrected chi connectivity index (χ0v) is 18.8. The summed E-state index contributed by atoms with van der Waals surface area (Å²) in [4.78, 5) is 35.7. The molecule has 162 valence electrons. The van der Waals surface area contributed by atoms with Crippen molar-refractivity contribution in [1.82, 2.24) is 19.4 Å². The number of benzene rings is 1. The molecule has 1 atom stereocenters. The molecule has 6 nitrogen and oxygen atoms in total. The van der Waals surface area contributed by atoms with Crippen molar-refractivity contribution in [1.29, 1.82) is 0 Å². The maximum Gasteiger partial charge on any atom is 0.272 e. The van der Waals surface area contributed by atoms with Crippen LogP contribution < -0.4 is 0 Å². The number of hydrogen-bond donors (Lipinski definition) is 0. The molecule has 1 aliphatic heterocycles. The molecule has 1 aliphatic rings. The van der Waals surface area contributed by atoms with E-state index in [9.17, 15) is 9.59 Å². The van der Waals surface area contributed by atoms with Gasteiger partial charge in [-0.2, -0.15) is 0 Å². The zero-order valence-electron chi connectivity index (χ0n) is 18.0. The predicted octanol–water partition coefficient (Wildman–Crippen LogP) is 3.79. The van der Waals surface area contributed by atoms with Crippen LogP contribution in [0.1, 0.15) is 29.9 Å². The van der Waals surface area contributed by atoms with Gasteiger partial charge in [0.25, 0.3) is 5.91 Å². The Morgan fingerprint density at radius 1 is 1.13 bits per heavy atom. The fraction of sp³-hybridized carbons (Fsp3) is 0.375. The molecule has 31 heavy (non-hydrogen) atoms. The van der Waals surface area contributed by atoms with Gasteiger partial charge >= 0.3 is 0 Å². The Labute approximate surface area is 187 Å². The van der Waals surface area contributed by atoms with Crippen molar-refractivity contribution in [2.45, 2.75) is 26.8 Å². The summed E-state index contributed by atoms with van der Waals surface area (Å²) in [5.74, 6) is -0.199. The van der Waals surface area contributed by atoms with E-state index in [1.54, 1.807) is 23.9 Å².